The predicted octanol–water partition coefficient (Wildman–Crippen LogP) is 3.93. The van der Waals surface area contributed by atoms with E-state index in [1.54, 1.807) is 18.2 Å². The Morgan fingerprint density at radius 3 is 2.20 bits per heavy atom. The standard InChI is InChI=1S/C28H22N2O5/c1-34-19-10-11-20-18(14-25(31)35-24(20)15-19)13-23(27(29)32)30-28(33)26-21-8-4-2-6-16(21)12-17-7-3-5-9-22(17)26/h2-12,14-15,23H,13H2,1H3,(H2,29,32)(H,30,33)/t23-/m0/s1. The van der Waals surface area contributed by atoms with Gasteiger partial charge in [-0.25, -0.2) is 4.79 Å². The number of ether oxygens (including phenoxy) is 1. The molecule has 0 spiro atoms. The molecule has 1 atom stereocenters. The van der Waals surface area contributed by atoms with E-state index in [4.69, 9.17) is 14.9 Å². The van der Waals surface area contributed by atoms with Crippen LogP contribution in [0.1, 0.15) is 15.9 Å². The number of carbonyl (C=O) groups is 2. The summed E-state index contributed by atoms with van der Waals surface area (Å²) in [5, 5.41) is 6.78. The molecule has 0 saturated carbocycles. The van der Waals surface area contributed by atoms with Crippen LogP contribution in [0.25, 0.3) is 32.5 Å². The van der Waals surface area contributed by atoms with E-state index in [-0.39, 0.29) is 6.42 Å². The maximum atomic E-state index is 13.6. The minimum absolute atomic E-state index is 0.0260. The van der Waals surface area contributed by atoms with Gasteiger partial charge in [0.25, 0.3) is 5.91 Å². The van der Waals surface area contributed by atoms with Crippen LogP contribution in [0.3, 0.4) is 0 Å². The number of methoxy groups -OCH3 is 1. The first-order chi connectivity index (χ1) is 16.9. The summed E-state index contributed by atoms with van der Waals surface area (Å²) in [5.74, 6) is -0.603. The number of hydrogen-bond donors (Lipinski definition) is 2. The van der Waals surface area contributed by atoms with Crippen molar-refractivity contribution < 1.29 is 18.7 Å². The number of nitrogens with one attached hydrogen (secondary N) is 1. The van der Waals surface area contributed by atoms with Gasteiger partial charge in [0, 0.05) is 23.9 Å². The Balaban J connectivity index is 1.55. The third-order valence-electron chi connectivity index (χ3n) is 6.11. The summed E-state index contributed by atoms with van der Waals surface area (Å²) in [6.45, 7) is 0. The molecule has 0 aliphatic carbocycles. The van der Waals surface area contributed by atoms with Crippen molar-refractivity contribution in [3.05, 3.63) is 100 Å². The molecular weight excluding hydrogens is 444 g/mol. The molecule has 1 aromatic heterocycles. The highest BCUT2D eigenvalue weighted by Crippen LogP contribution is 2.29. The van der Waals surface area contributed by atoms with Gasteiger partial charge in [0.15, 0.2) is 0 Å². The monoisotopic (exact) mass is 466 g/mol. The SMILES string of the molecule is COc1ccc2c(C[C@H](NC(=O)c3c4ccccc4cc4ccccc34)C(N)=O)cc(=O)oc2c1. The lowest BCUT2D eigenvalue weighted by Crippen LogP contribution is -2.46. The lowest BCUT2D eigenvalue weighted by molar-refractivity contribution is -0.119. The highest BCUT2D eigenvalue weighted by molar-refractivity contribution is 6.18. The van der Waals surface area contributed by atoms with Crippen LogP contribution in [-0.4, -0.2) is 25.0 Å². The summed E-state index contributed by atoms with van der Waals surface area (Å²) in [6, 6.07) is 22.5. The van der Waals surface area contributed by atoms with Crippen molar-refractivity contribution in [2.24, 2.45) is 5.73 Å². The Bertz CT molecular complexity index is 1620. The van der Waals surface area contributed by atoms with Crippen molar-refractivity contribution in [3.63, 3.8) is 0 Å². The average Bonchev–Trinajstić information content (AvgIpc) is 2.86. The quantitative estimate of drug-likeness (QED) is 0.291. The van der Waals surface area contributed by atoms with Crippen LogP contribution in [0.15, 0.2) is 88.1 Å². The van der Waals surface area contributed by atoms with Crippen LogP contribution in [0.5, 0.6) is 5.75 Å². The minimum atomic E-state index is -1.05. The largest absolute Gasteiger partial charge is 0.497 e. The first-order valence-electron chi connectivity index (χ1n) is 11.1. The van der Waals surface area contributed by atoms with Gasteiger partial charge in [-0.1, -0.05) is 48.5 Å². The topological polar surface area (TPSA) is 112 Å². The number of primary amides is 1. The molecule has 1 heterocycles. The molecule has 5 aromatic rings. The lowest BCUT2D eigenvalue weighted by atomic mass is 9.95. The summed E-state index contributed by atoms with van der Waals surface area (Å²) in [5.41, 5.74) is 6.43. The molecule has 0 bridgehead atoms. The average molecular weight is 466 g/mol. The molecule has 0 fully saturated rings. The van der Waals surface area contributed by atoms with Gasteiger partial charge in [0.2, 0.25) is 5.91 Å². The van der Waals surface area contributed by atoms with Crippen molar-refractivity contribution in [2.45, 2.75) is 12.5 Å². The molecule has 3 N–H and O–H groups in total. The number of hydrogen-bond acceptors (Lipinski definition) is 5. The zero-order valence-corrected chi connectivity index (χ0v) is 18.9. The van der Waals surface area contributed by atoms with Crippen LogP contribution in [0.2, 0.25) is 0 Å². The van der Waals surface area contributed by atoms with E-state index in [0.717, 1.165) is 21.5 Å². The van der Waals surface area contributed by atoms with Crippen molar-refractivity contribution in [1.29, 1.82) is 0 Å². The molecule has 35 heavy (non-hydrogen) atoms. The summed E-state index contributed by atoms with van der Waals surface area (Å²) in [7, 11) is 1.51. The molecule has 0 unspecified atom stereocenters. The van der Waals surface area contributed by atoms with Gasteiger partial charge >= 0.3 is 5.63 Å². The maximum Gasteiger partial charge on any atom is 0.336 e. The molecule has 0 radical (unpaired) electrons. The van der Waals surface area contributed by atoms with Crippen LogP contribution < -0.4 is 21.4 Å². The Labute approximate surface area is 200 Å². The van der Waals surface area contributed by atoms with E-state index in [9.17, 15) is 14.4 Å². The smallest absolute Gasteiger partial charge is 0.336 e. The third-order valence-corrected chi connectivity index (χ3v) is 6.11. The molecule has 7 heteroatoms. The fraction of sp³-hybridized carbons (Fsp3) is 0.107. The van der Waals surface area contributed by atoms with Gasteiger partial charge in [-0.05, 0) is 45.3 Å². The molecule has 7 nitrogen and oxygen atoms in total. The third kappa shape index (κ3) is 4.19. The van der Waals surface area contributed by atoms with Crippen molar-refractivity contribution >= 4 is 44.3 Å². The second kappa shape index (κ2) is 8.95. The van der Waals surface area contributed by atoms with E-state index < -0.39 is 23.5 Å². The number of benzene rings is 4. The molecule has 0 aliphatic rings. The molecular formula is C28H22N2O5. The Hall–Kier alpha value is -4.65. The lowest BCUT2D eigenvalue weighted by Gasteiger charge is -2.18. The highest BCUT2D eigenvalue weighted by atomic mass is 16.5. The van der Waals surface area contributed by atoms with E-state index in [0.29, 0.717) is 27.8 Å². The first kappa shape index (κ1) is 22.2. The number of carbonyl (C=O) groups excluding carboxylic acids is 2. The molecule has 0 saturated heterocycles. The molecule has 5 rings (SSSR count). The second-order valence-electron chi connectivity index (χ2n) is 8.28. The van der Waals surface area contributed by atoms with Crippen LogP contribution in [0.4, 0.5) is 0 Å². The van der Waals surface area contributed by atoms with Gasteiger partial charge < -0.3 is 20.2 Å². The highest BCUT2D eigenvalue weighted by Gasteiger charge is 2.23. The van der Waals surface area contributed by atoms with Gasteiger partial charge in [0.05, 0.1) is 12.7 Å². The molecule has 4 aromatic carbocycles. The van der Waals surface area contributed by atoms with E-state index >= 15 is 0 Å². The van der Waals surface area contributed by atoms with E-state index in [1.807, 2.05) is 54.6 Å². The normalized spacial score (nSPS) is 12.0. The molecule has 174 valence electrons. The first-order valence-corrected chi connectivity index (χ1v) is 11.1. The number of fused-ring (bicyclic) bond motifs is 3. The van der Waals surface area contributed by atoms with Crippen LogP contribution in [-0.2, 0) is 11.2 Å². The van der Waals surface area contributed by atoms with Gasteiger partial charge in [-0.2, -0.15) is 0 Å². The van der Waals surface area contributed by atoms with Crippen molar-refractivity contribution in [2.75, 3.05) is 7.11 Å². The number of nitrogens with two attached hydrogens (primary N) is 1. The minimum Gasteiger partial charge on any atom is -0.497 e. The van der Waals surface area contributed by atoms with E-state index in [1.165, 1.54) is 13.2 Å². The van der Waals surface area contributed by atoms with Crippen molar-refractivity contribution in [3.8, 4) is 5.75 Å². The maximum absolute atomic E-state index is 13.6. The fourth-order valence-electron chi connectivity index (χ4n) is 4.44. The number of rotatable bonds is 6. The number of amides is 2. The summed E-state index contributed by atoms with van der Waals surface area (Å²) < 4.78 is 10.5. The summed E-state index contributed by atoms with van der Waals surface area (Å²) >= 11 is 0. The zero-order valence-electron chi connectivity index (χ0n) is 18.9. The Morgan fingerprint density at radius 1 is 0.914 bits per heavy atom. The van der Waals surface area contributed by atoms with Gasteiger partial charge in [-0.3, -0.25) is 9.59 Å². The predicted molar refractivity (Wildman–Crippen MR) is 135 cm³/mol. The second-order valence-corrected chi connectivity index (χ2v) is 8.28. The Morgan fingerprint density at radius 2 is 1.57 bits per heavy atom. The van der Waals surface area contributed by atoms with Gasteiger partial charge in [0.1, 0.15) is 17.4 Å². The summed E-state index contributed by atoms with van der Waals surface area (Å²) in [4.78, 5) is 38.2. The Kier molecular flexibility index (Phi) is 5.66. The van der Waals surface area contributed by atoms with Crippen LogP contribution >= 0.6 is 0 Å². The zero-order chi connectivity index (χ0) is 24.5. The molecule has 0 aliphatic heterocycles. The molecule has 2 amide bonds. The van der Waals surface area contributed by atoms with Crippen LogP contribution in [0, 0.1) is 0 Å². The van der Waals surface area contributed by atoms with Crippen molar-refractivity contribution in [1.82, 2.24) is 5.32 Å². The fourth-order valence-corrected chi connectivity index (χ4v) is 4.44. The summed E-state index contributed by atoms with van der Waals surface area (Å²) in [6.07, 6.45) is 0.0260. The van der Waals surface area contributed by atoms with Gasteiger partial charge in [-0.15, -0.1) is 0 Å². The van der Waals surface area contributed by atoms with E-state index in [2.05, 4.69) is 5.32 Å².